The molecule has 0 aliphatic rings. The number of carbonyl (C=O) groups is 1. The van der Waals surface area contributed by atoms with Crippen LogP contribution in [0.4, 0.5) is 0 Å². The fourth-order valence-electron chi connectivity index (χ4n) is 3.36. The molecule has 3 aromatic rings. The Morgan fingerprint density at radius 1 is 1.00 bits per heavy atom. The predicted octanol–water partition coefficient (Wildman–Crippen LogP) is 5.96. The van der Waals surface area contributed by atoms with E-state index < -0.39 is 5.91 Å². The molecule has 0 atom stereocenters. The van der Waals surface area contributed by atoms with Crippen molar-refractivity contribution in [1.82, 2.24) is 10.4 Å². The second-order valence-electron chi connectivity index (χ2n) is 7.83. The van der Waals surface area contributed by atoms with Gasteiger partial charge in [-0.3, -0.25) is 9.78 Å². The van der Waals surface area contributed by atoms with Crippen molar-refractivity contribution in [2.75, 3.05) is 6.61 Å². The zero-order valence-corrected chi connectivity index (χ0v) is 19.0. The first-order valence-corrected chi connectivity index (χ1v) is 11.5. The highest BCUT2D eigenvalue weighted by Gasteiger charge is 2.06. The monoisotopic (exact) mass is 445 g/mol. The van der Waals surface area contributed by atoms with Crippen LogP contribution in [0.1, 0.15) is 61.5 Å². The molecule has 0 radical (unpaired) electrons. The summed E-state index contributed by atoms with van der Waals surface area (Å²) in [6.45, 7) is 2.96. The standard InChI is InChI=1S/C27H31N3O3/c1-2-3-4-5-6-9-18-33-24-15-13-21(14-16-24)22-11-12-23(26(31)19-22)20-29-30-27(32)25-10-7-8-17-28-25/h7-8,10-17,19-20,31H,2-6,9,18H2,1H3,(H,30,32). The molecule has 1 amide bonds. The van der Waals surface area contributed by atoms with Gasteiger partial charge >= 0.3 is 0 Å². The van der Waals surface area contributed by atoms with Gasteiger partial charge < -0.3 is 9.84 Å². The molecule has 0 unspecified atom stereocenters. The number of phenolic OH excluding ortho intramolecular Hbond substituents is 1. The van der Waals surface area contributed by atoms with E-state index in [1.807, 2.05) is 30.3 Å². The molecule has 1 heterocycles. The van der Waals surface area contributed by atoms with Crippen LogP contribution in [0.2, 0.25) is 0 Å². The number of pyridine rings is 1. The first kappa shape index (κ1) is 24.0. The molecular formula is C27H31N3O3. The Kier molecular flexibility index (Phi) is 9.45. The maximum Gasteiger partial charge on any atom is 0.289 e. The first-order chi connectivity index (χ1) is 16.2. The molecule has 0 saturated heterocycles. The molecule has 0 aliphatic heterocycles. The summed E-state index contributed by atoms with van der Waals surface area (Å²) < 4.78 is 5.84. The zero-order chi connectivity index (χ0) is 23.3. The van der Waals surface area contributed by atoms with E-state index in [1.54, 1.807) is 30.3 Å². The smallest absolute Gasteiger partial charge is 0.289 e. The van der Waals surface area contributed by atoms with Gasteiger partial charge in [-0.15, -0.1) is 0 Å². The number of aromatic nitrogens is 1. The van der Waals surface area contributed by atoms with Gasteiger partial charge in [-0.25, -0.2) is 5.43 Å². The summed E-state index contributed by atoms with van der Waals surface area (Å²) in [5, 5.41) is 14.3. The molecule has 0 bridgehead atoms. The number of amides is 1. The Morgan fingerprint density at radius 3 is 2.48 bits per heavy atom. The van der Waals surface area contributed by atoms with Gasteiger partial charge in [-0.05, 0) is 53.9 Å². The van der Waals surface area contributed by atoms with Gasteiger partial charge in [-0.2, -0.15) is 5.10 Å². The third kappa shape index (κ3) is 7.75. The van der Waals surface area contributed by atoms with Crippen molar-refractivity contribution in [3.05, 3.63) is 78.1 Å². The quantitative estimate of drug-likeness (QED) is 0.205. The molecule has 0 aliphatic carbocycles. The summed E-state index contributed by atoms with van der Waals surface area (Å²) in [5.41, 5.74) is 5.03. The van der Waals surface area contributed by atoms with Gasteiger partial charge in [0.15, 0.2) is 0 Å². The van der Waals surface area contributed by atoms with Crippen LogP contribution in [-0.2, 0) is 0 Å². The highest BCUT2D eigenvalue weighted by Crippen LogP contribution is 2.27. The third-order valence-corrected chi connectivity index (χ3v) is 5.25. The molecule has 3 rings (SSSR count). The number of hydrogen-bond donors (Lipinski definition) is 2. The third-order valence-electron chi connectivity index (χ3n) is 5.25. The Balaban J connectivity index is 1.50. The summed E-state index contributed by atoms with van der Waals surface area (Å²) in [6, 6.07) is 18.2. The molecule has 0 saturated carbocycles. The number of hydrazone groups is 1. The van der Waals surface area contributed by atoms with E-state index in [2.05, 4.69) is 22.4 Å². The lowest BCUT2D eigenvalue weighted by Crippen LogP contribution is -2.18. The van der Waals surface area contributed by atoms with Crippen LogP contribution in [0, 0.1) is 0 Å². The molecule has 172 valence electrons. The van der Waals surface area contributed by atoms with Crippen molar-refractivity contribution in [2.45, 2.75) is 45.4 Å². The van der Waals surface area contributed by atoms with Crippen molar-refractivity contribution in [1.29, 1.82) is 0 Å². The average Bonchev–Trinajstić information content (AvgIpc) is 2.85. The van der Waals surface area contributed by atoms with Crippen LogP contribution in [0.15, 0.2) is 72.0 Å². The second kappa shape index (κ2) is 13.0. The molecule has 1 aromatic heterocycles. The number of nitrogens with zero attached hydrogens (tertiary/aromatic N) is 2. The van der Waals surface area contributed by atoms with E-state index >= 15 is 0 Å². The van der Waals surface area contributed by atoms with Gasteiger partial charge in [0, 0.05) is 11.8 Å². The average molecular weight is 446 g/mol. The zero-order valence-electron chi connectivity index (χ0n) is 19.0. The Labute approximate surface area is 195 Å². The van der Waals surface area contributed by atoms with Gasteiger partial charge in [0.05, 0.1) is 12.8 Å². The molecule has 0 spiro atoms. The van der Waals surface area contributed by atoms with Crippen LogP contribution >= 0.6 is 0 Å². The van der Waals surface area contributed by atoms with Gasteiger partial charge in [0.25, 0.3) is 5.91 Å². The molecular weight excluding hydrogens is 414 g/mol. The summed E-state index contributed by atoms with van der Waals surface area (Å²) in [4.78, 5) is 15.9. The summed E-state index contributed by atoms with van der Waals surface area (Å²) in [6.07, 6.45) is 10.4. The largest absolute Gasteiger partial charge is 0.507 e. The van der Waals surface area contributed by atoms with Crippen LogP contribution in [0.5, 0.6) is 11.5 Å². The Hall–Kier alpha value is -3.67. The molecule has 33 heavy (non-hydrogen) atoms. The number of nitrogens with one attached hydrogen (secondary N) is 1. The number of aromatic hydroxyl groups is 1. The lowest BCUT2D eigenvalue weighted by molar-refractivity contribution is 0.0950. The molecule has 2 N–H and O–H groups in total. The van der Waals surface area contributed by atoms with Crippen molar-refractivity contribution >= 4 is 12.1 Å². The molecule has 6 nitrogen and oxygen atoms in total. The molecule has 6 heteroatoms. The number of phenols is 1. The second-order valence-corrected chi connectivity index (χ2v) is 7.83. The number of carbonyl (C=O) groups excluding carboxylic acids is 1. The first-order valence-electron chi connectivity index (χ1n) is 11.5. The van der Waals surface area contributed by atoms with Gasteiger partial charge in [-0.1, -0.05) is 63.3 Å². The van der Waals surface area contributed by atoms with E-state index in [9.17, 15) is 9.90 Å². The topological polar surface area (TPSA) is 83.8 Å². The SMILES string of the molecule is CCCCCCCCOc1ccc(-c2ccc(C=NNC(=O)c3ccccn3)c(O)c2)cc1. The fraction of sp³-hybridized carbons (Fsp3) is 0.296. The minimum Gasteiger partial charge on any atom is -0.507 e. The van der Waals surface area contributed by atoms with Crippen molar-refractivity contribution < 1.29 is 14.6 Å². The predicted molar refractivity (Wildman–Crippen MR) is 132 cm³/mol. The van der Waals surface area contributed by atoms with Crippen LogP contribution in [0.3, 0.4) is 0 Å². The summed E-state index contributed by atoms with van der Waals surface area (Å²) in [7, 11) is 0. The van der Waals surface area contributed by atoms with Crippen molar-refractivity contribution in [3.8, 4) is 22.6 Å². The van der Waals surface area contributed by atoms with Gasteiger partial charge in [0.1, 0.15) is 17.2 Å². The molecule has 0 fully saturated rings. The summed E-state index contributed by atoms with van der Waals surface area (Å²) >= 11 is 0. The van der Waals surface area contributed by atoms with E-state index in [-0.39, 0.29) is 11.4 Å². The minimum absolute atomic E-state index is 0.0757. The van der Waals surface area contributed by atoms with Crippen LogP contribution < -0.4 is 10.2 Å². The lowest BCUT2D eigenvalue weighted by Gasteiger charge is -2.08. The van der Waals surface area contributed by atoms with Crippen LogP contribution in [0.25, 0.3) is 11.1 Å². The van der Waals surface area contributed by atoms with E-state index in [0.717, 1.165) is 29.9 Å². The highest BCUT2D eigenvalue weighted by atomic mass is 16.5. The van der Waals surface area contributed by atoms with Crippen molar-refractivity contribution in [2.24, 2.45) is 5.10 Å². The minimum atomic E-state index is -0.415. The van der Waals surface area contributed by atoms with E-state index in [1.165, 1.54) is 44.5 Å². The van der Waals surface area contributed by atoms with Crippen LogP contribution in [-0.4, -0.2) is 28.8 Å². The fourth-order valence-corrected chi connectivity index (χ4v) is 3.36. The number of hydrogen-bond acceptors (Lipinski definition) is 5. The maximum atomic E-state index is 12.0. The number of unbranched alkanes of at least 4 members (excludes halogenated alkanes) is 5. The Bertz CT molecular complexity index is 1030. The van der Waals surface area contributed by atoms with Crippen molar-refractivity contribution in [3.63, 3.8) is 0 Å². The number of benzene rings is 2. The van der Waals surface area contributed by atoms with E-state index in [0.29, 0.717) is 5.56 Å². The lowest BCUT2D eigenvalue weighted by atomic mass is 10.0. The highest BCUT2D eigenvalue weighted by molar-refractivity contribution is 5.93. The number of ether oxygens (including phenoxy) is 1. The van der Waals surface area contributed by atoms with E-state index in [4.69, 9.17) is 4.74 Å². The summed E-state index contributed by atoms with van der Waals surface area (Å²) in [5.74, 6) is 0.512. The molecule has 2 aromatic carbocycles. The number of rotatable bonds is 12. The Morgan fingerprint density at radius 2 is 1.76 bits per heavy atom. The maximum absolute atomic E-state index is 12.0. The normalized spacial score (nSPS) is 10.9. The van der Waals surface area contributed by atoms with Gasteiger partial charge in [0.2, 0.25) is 0 Å².